The third-order valence-corrected chi connectivity index (χ3v) is 15.6. The monoisotopic (exact) mass is 985 g/mol. The van der Waals surface area contributed by atoms with E-state index < -0.39 is 23.2 Å². The Morgan fingerprint density at radius 1 is 0.710 bits per heavy atom. The second kappa shape index (κ2) is 20.0. The number of nitrogens with zero attached hydrogens (tertiary/aromatic N) is 7. The Kier molecular flexibility index (Phi) is 15.0. The summed E-state index contributed by atoms with van der Waals surface area (Å²) in [5, 5.41) is 30.4. The van der Waals surface area contributed by atoms with Crippen LogP contribution in [0.4, 0.5) is 11.6 Å². The van der Waals surface area contributed by atoms with Gasteiger partial charge in [0.05, 0.1) is 27.0 Å². The fourth-order valence-electron chi connectivity index (χ4n) is 9.88. The number of aryl methyl sites for hydroxylation is 2. The van der Waals surface area contributed by atoms with Crippen molar-refractivity contribution in [2.24, 2.45) is 0 Å². The van der Waals surface area contributed by atoms with E-state index >= 15 is 0 Å². The molecule has 8 rings (SSSR count). The summed E-state index contributed by atoms with van der Waals surface area (Å²) in [7, 11) is 1.64. The van der Waals surface area contributed by atoms with Gasteiger partial charge in [-0.05, 0) is 158 Å². The van der Waals surface area contributed by atoms with Crippen LogP contribution in [0.3, 0.4) is 0 Å². The van der Waals surface area contributed by atoms with E-state index in [9.17, 15) is 29.4 Å². The van der Waals surface area contributed by atoms with Crippen LogP contribution in [0.25, 0.3) is 20.9 Å². The molecule has 4 aliphatic heterocycles. The Hall–Kier alpha value is -5.04. The van der Waals surface area contributed by atoms with Crippen LogP contribution in [0.5, 0.6) is 0 Å². The second-order valence-corrected chi connectivity index (χ2v) is 24.0. The van der Waals surface area contributed by atoms with Crippen molar-refractivity contribution < 1.29 is 29.4 Å². The summed E-state index contributed by atoms with van der Waals surface area (Å²) in [5.41, 5.74) is 1.92. The largest absolute Gasteiger partial charge is 0.389 e. The number of fused-ring (bicyclic) bond motifs is 4. The highest BCUT2D eigenvalue weighted by molar-refractivity contribution is 7.17. The zero-order chi connectivity index (χ0) is 50.5. The van der Waals surface area contributed by atoms with Crippen LogP contribution in [0, 0.1) is 13.8 Å². The highest BCUT2D eigenvalue weighted by Gasteiger charge is 2.45. The van der Waals surface area contributed by atoms with Gasteiger partial charge in [0, 0.05) is 72.9 Å². The van der Waals surface area contributed by atoms with Crippen LogP contribution in [0.2, 0.25) is 0 Å². The first-order valence-corrected chi connectivity index (χ1v) is 26.0. The molecule has 1 atom stereocenters. The Balaban J connectivity index is 0.000000204. The minimum Gasteiger partial charge on any atom is -0.389 e. The van der Waals surface area contributed by atoms with Crippen LogP contribution in [-0.4, -0.2) is 135 Å². The van der Waals surface area contributed by atoms with Crippen molar-refractivity contribution in [3.63, 3.8) is 0 Å². The van der Waals surface area contributed by atoms with Crippen molar-refractivity contribution in [3.05, 3.63) is 57.1 Å². The molecule has 18 heteroatoms. The van der Waals surface area contributed by atoms with Gasteiger partial charge in [-0.2, -0.15) is 0 Å². The van der Waals surface area contributed by atoms with Gasteiger partial charge in [-0.15, -0.1) is 22.7 Å². The molecule has 5 N–H and O–H groups in total. The van der Waals surface area contributed by atoms with Crippen molar-refractivity contribution in [2.45, 2.75) is 187 Å². The maximum atomic E-state index is 13.8. The molecule has 8 heterocycles. The average molecular weight is 985 g/mol. The van der Waals surface area contributed by atoms with E-state index in [2.05, 4.69) is 70.5 Å². The van der Waals surface area contributed by atoms with Crippen molar-refractivity contribution in [1.29, 1.82) is 0 Å². The smallest absolute Gasteiger partial charge is 0.282 e. The first kappa shape index (κ1) is 51.8. The number of pyridine rings is 2. The predicted octanol–water partition coefficient (Wildman–Crippen LogP) is 8.32. The van der Waals surface area contributed by atoms with Crippen molar-refractivity contribution in [2.75, 3.05) is 24.2 Å². The van der Waals surface area contributed by atoms with E-state index in [1.165, 1.54) is 27.6 Å². The molecule has 4 fully saturated rings. The molecule has 16 nitrogen and oxygen atoms in total. The highest BCUT2D eigenvalue weighted by atomic mass is 32.1. The lowest BCUT2D eigenvalue weighted by molar-refractivity contribution is 0.0367. The van der Waals surface area contributed by atoms with Gasteiger partial charge >= 0.3 is 0 Å². The quantitative estimate of drug-likeness (QED) is 0.0858. The van der Waals surface area contributed by atoms with Gasteiger partial charge in [0.2, 0.25) is 0 Å². The van der Waals surface area contributed by atoms with E-state index in [4.69, 9.17) is 0 Å². The average Bonchev–Trinajstić information content (AvgIpc) is 4.12. The SMILES string of the molecule is Cc1cc(NC(C)(C)C)ncc1-c1sc(C(=O)N(C)CC(C)(C)O)nc1C(=O)N1C2CCC1CC2.Cc1cc(NC(C)C)ncc1-c1sc(C(=O)N[C@@H](C)C(C)(C)O)nc1C(=O)N1C2CCC1CC2. The second-order valence-electron chi connectivity index (χ2n) is 22.0. The normalized spacial score (nSPS) is 20.2. The van der Waals surface area contributed by atoms with E-state index in [0.29, 0.717) is 21.1 Å². The molecule has 69 heavy (non-hydrogen) atoms. The highest BCUT2D eigenvalue weighted by Crippen LogP contribution is 2.43. The minimum atomic E-state index is -1.08. The van der Waals surface area contributed by atoms with Crippen LogP contribution in [0.1, 0.15) is 172 Å². The molecule has 4 aliphatic rings. The number of likely N-dealkylation sites (N-methyl/N-ethyl adjacent to an activating group) is 1. The third kappa shape index (κ3) is 11.8. The predicted molar refractivity (Wildman–Crippen MR) is 273 cm³/mol. The van der Waals surface area contributed by atoms with Crippen molar-refractivity contribution >= 4 is 57.9 Å². The molecule has 374 valence electrons. The molecule has 4 saturated heterocycles. The number of aromatic nitrogens is 4. The van der Waals surface area contributed by atoms with Gasteiger partial charge in [-0.3, -0.25) is 19.2 Å². The first-order chi connectivity index (χ1) is 32.2. The van der Waals surface area contributed by atoms with Crippen LogP contribution in [-0.2, 0) is 0 Å². The molecular formula is C51H72N10O6S2. The number of nitrogens with one attached hydrogen (secondary N) is 3. The van der Waals surface area contributed by atoms with Crippen molar-refractivity contribution in [1.82, 2.24) is 40.0 Å². The van der Waals surface area contributed by atoms with Crippen LogP contribution >= 0.6 is 22.7 Å². The molecule has 4 bridgehead atoms. The maximum absolute atomic E-state index is 13.8. The van der Waals surface area contributed by atoms with Gasteiger partial charge in [0.25, 0.3) is 23.6 Å². The summed E-state index contributed by atoms with van der Waals surface area (Å²) in [6.45, 7) is 22.8. The lowest BCUT2D eigenvalue weighted by Gasteiger charge is -2.26. The Morgan fingerprint density at radius 2 is 1.13 bits per heavy atom. The zero-order valence-corrected chi connectivity index (χ0v) is 44.2. The van der Waals surface area contributed by atoms with Gasteiger partial charge in [0.1, 0.15) is 23.0 Å². The van der Waals surface area contributed by atoms with Gasteiger partial charge in [-0.25, -0.2) is 19.9 Å². The molecule has 0 unspecified atom stereocenters. The molecule has 0 saturated carbocycles. The lowest BCUT2D eigenvalue weighted by Crippen LogP contribution is -2.47. The summed E-state index contributed by atoms with van der Waals surface area (Å²) in [5.74, 6) is 0.626. The minimum absolute atomic E-state index is 0.0956. The van der Waals surface area contributed by atoms with E-state index in [1.807, 2.05) is 35.8 Å². The summed E-state index contributed by atoms with van der Waals surface area (Å²) in [6, 6.07) is 4.73. The van der Waals surface area contributed by atoms with E-state index in [1.54, 1.807) is 54.1 Å². The van der Waals surface area contributed by atoms with E-state index in [0.717, 1.165) is 85.3 Å². The molecule has 4 aromatic rings. The lowest BCUT2D eigenvalue weighted by atomic mass is 10.0. The molecule has 0 radical (unpaired) electrons. The fourth-order valence-corrected chi connectivity index (χ4v) is 12.0. The van der Waals surface area contributed by atoms with Gasteiger partial charge in [-0.1, -0.05) is 0 Å². The number of carbonyl (C=O) groups is 4. The van der Waals surface area contributed by atoms with Crippen LogP contribution < -0.4 is 16.0 Å². The molecule has 0 spiro atoms. The third-order valence-electron chi connectivity index (χ3n) is 13.4. The summed E-state index contributed by atoms with van der Waals surface area (Å²) < 4.78 is 0. The number of aliphatic hydroxyl groups is 2. The Bertz CT molecular complexity index is 2530. The number of amides is 4. The summed E-state index contributed by atoms with van der Waals surface area (Å²) in [6.07, 6.45) is 11.8. The number of rotatable bonds is 13. The summed E-state index contributed by atoms with van der Waals surface area (Å²) >= 11 is 2.43. The van der Waals surface area contributed by atoms with Crippen LogP contribution in [0.15, 0.2) is 24.5 Å². The Labute approximate surface area is 415 Å². The number of anilines is 2. The van der Waals surface area contributed by atoms with Gasteiger partial charge in [0.15, 0.2) is 10.0 Å². The molecule has 4 amide bonds. The van der Waals surface area contributed by atoms with E-state index in [-0.39, 0.29) is 70.0 Å². The fraction of sp³-hybridized carbons (Fsp3) is 0.608. The number of hydrogen-bond acceptors (Lipinski definition) is 14. The summed E-state index contributed by atoms with van der Waals surface area (Å²) in [4.78, 5) is 78.8. The number of carbonyl (C=O) groups excluding carboxylic acids is 4. The number of hydrogen-bond donors (Lipinski definition) is 5. The molecule has 0 aromatic carbocycles. The molecule has 0 aliphatic carbocycles. The van der Waals surface area contributed by atoms with Crippen molar-refractivity contribution in [3.8, 4) is 20.9 Å². The standard InChI is InChI=1S/C26H37N5O3S.C25H35N5O3S/c1-15-12-19(29-25(2,3)4)27-13-18(15)21-20(23(32)31-16-8-9-17(31)11-10-16)28-22(35-21)24(33)30(7)14-26(5,6)34;1-13(2)27-19-11-14(3)18(12-26-19)21-20(24(32)30-16-7-8-17(30)10-9-16)29-23(34-21)22(31)28-15(4)25(5,6)33/h12-13,16-17,34H,8-11,14H2,1-7H3,(H,27,29);11-13,15-17,33H,7-10H2,1-6H3,(H,26,27)(H,28,31)/t;15-,16?,17?/m.0/s1. The topological polar surface area (TPSA) is 206 Å². The zero-order valence-electron chi connectivity index (χ0n) is 42.6. The first-order valence-electron chi connectivity index (χ1n) is 24.4. The number of thiazole rings is 2. The molecular weight excluding hydrogens is 913 g/mol. The Morgan fingerprint density at radius 3 is 1.54 bits per heavy atom. The molecule has 4 aromatic heterocycles. The maximum Gasteiger partial charge on any atom is 0.282 e. The van der Waals surface area contributed by atoms with Gasteiger partial charge < -0.3 is 40.9 Å².